The fourth-order valence-electron chi connectivity index (χ4n) is 2.26. The van der Waals surface area contributed by atoms with Crippen molar-refractivity contribution in [2.45, 2.75) is 26.4 Å². The highest BCUT2D eigenvalue weighted by molar-refractivity contribution is 7.09. The molecule has 2 nitrogen and oxygen atoms in total. The van der Waals surface area contributed by atoms with Crippen LogP contribution in [0, 0.1) is 0 Å². The molecule has 2 rings (SSSR count). The predicted molar refractivity (Wildman–Crippen MR) is 85.0 cm³/mol. The van der Waals surface area contributed by atoms with Crippen LogP contribution in [-0.2, 0) is 6.54 Å². The van der Waals surface area contributed by atoms with Gasteiger partial charge in [0, 0.05) is 23.2 Å². The Bertz CT molecular complexity index is 493. The van der Waals surface area contributed by atoms with Gasteiger partial charge < -0.3 is 10.2 Å². The molecule has 2 aromatic rings. The van der Waals surface area contributed by atoms with Crippen molar-refractivity contribution in [2.24, 2.45) is 0 Å². The van der Waals surface area contributed by atoms with Gasteiger partial charge in [-0.05, 0) is 44.0 Å². The number of hydrogen-bond donors (Lipinski definition) is 1. The standard InChI is InChI=1S/C16H22N2S/c1-4-18(12-14-8-7-11-19-14)16-10-6-5-9-15(16)13(2)17-3/h5-11,13,17H,4,12H2,1-3H3. The van der Waals surface area contributed by atoms with Crippen LogP contribution in [0.1, 0.15) is 30.3 Å². The highest BCUT2D eigenvalue weighted by Crippen LogP contribution is 2.27. The monoisotopic (exact) mass is 274 g/mol. The van der Waals surface area contributed by atoms with Crippen LogP contribution in [0.3, 0.4) is 0 Å². The average molecular weight is 274 g/mol. The summed E-state index contributed by atoms with van der Waals surface area (Å²) in [6.45, 7) is 6.43. The predicted octanol–water partition coefficient (Wildman–Crippen LogP) is 4.06. The summed E-state index contributed by atoms with van der Waals surface area (Å²) in [6.07, 6.45) is 0. The number of thiophene rings is 1. The maximum absolute atomic E-state index is 3.34. The number of nitrogens with zero attached hydrogens (tertiary/aromatic N) is 1. The van der Waals surface area contributed by atoms with E-state index in [-0.39, 0.29) is 0 Å². The normalized spacial score (nSPS) is 12.4. The molecule has 0 radical (unpaired) electrons. The number of para-hydroxylation sites is 1. The first-order valence-electron chi connectivity index (χ1n) is 6.79. The highest BCUT2D eigenvalue weighted by atomic mass is 32.1. The van der Waals surface area contributed by atoms with Crippen LogP contribution in [0.4, 0.5) is 5.69 Å². The molecular formula is C16H22N2S. The Kier molecular flexibility index (Phi) is 5.00. The molecule has 0 aliphatic carbocycles. The number of rotatable bonds is 6. The van der Waals surface area contributed by atoms with Gasteiger partial charge in [0.1, 0.15) is 0 Å². The molecule has 1 unspecified atom stereocenters. The van der Waals surface area contributed by atoms with E-state index >= 15 is 0 Å². The molecule has 0 bridgehead atoms. The zero-order valence-electron chi connectivity index (χ0n) is 11.9. The van der Waals surface area contributed by atoms with Crippen molar-refractivity contribution in [3.8, 4) is 0 Å². The Labute approximate surface area is 120 Å². The summed E-state index contributed by atoms with van der Waals surface area (Å²) in [4.78, 5) is 3.85. The maximum Gasteiger partial charge on any atom is 0.0522 e. The van der Waals surface area contributed by atoms with Gasteiger partial charge in [-0.3, -0.25) is 0 Å². The minimum atomic E-state index is 0.369. The van der Waals surface area contributed by atoms with Crippen molar-refractivity contribution in [3.05, 3.63) is 52.2 Å². The summed E-state index contributed by atoms with van der Waals surface area (Å²) in [7, 11) is 2.01. The van der Waals surface area contributed by atoms with Crippen molar-refractivity contribution in [3.63, 3.8) is 0 Å². The minimum Gasteiger partial charge on any atom is -0.366 e. The lowest BCUT2D eigenvalue weighted by molar-refractivity contribution is 0.647. The summed E-state index contributed by atoms with van der Waals surface area (Å²) in [5.41, 5.74) is 2.70. The molecule has 1 atom stereocenters. The molecule has 0 aliphatic heterocycles. The second-order valence-corrected chi connectivity index (χ2v) is 5.69. The van der Waals surface area contributed by atoms with E-state index in [1.807, 2.05) is 18.4 Å². The summed E-state index contributed by atoms with van der Waals surface area (Å²) in [5.74, 6) is 0. The van der Waals surface area contributed by atoms with Crippen LogP contribution < -0.4 is 10.2 Å². The molecule has 0 amide bonds. The van der Waals surface area contributed by atoms with Gasteiger partial charge in [-0.25, -0.2) is 0 Å². The van der Waals surface area contributed by atoms with Gasteiger partial charge in [0.25, 0.3) is 0 Å². The van der Waals surface area contributed by atoms with E-state index in [0.29, 0.717) is 6.04 Å². The molecule has 3 heteroatoms. The van der Waals surface area contributed by atoms with Gasteiger partial charge in [-0.15, -0.1) is 11.3 Å². The SMILES string of the molecule is CCN(Cc1cccs1)c1ccccc1C(C)NC. The number of hydrogen-bond acceptors (Lipinski definition) is 3. The number of benzene rings is 1. The second kappa shape index (κ2) is 6.73. The van der Waals surface area contributed by atoms with Crippen LogP contribution in [0.2, 0.25) is 0 Å². The highest BCUT2D eigenvalue weighted by Gasteiger charge is 2.13. The van der Waals surface area contributed by atoms with Gasteiger partial charge in [-0.2, -0.15) is 0 Å². The van der Waals surface area contributed by atoms with Crippen LogP contribution in [0.5, 0.6) is 0 Å². The van der Waals surface area contributed by atoms with Crippen LogP contribution in [0.25, 0.3) is 0 Å². The van der Waals surface area contributed by atoms with E-state index in [1.54, 1.807) is 0 Å². The Morgan fingerprint density at radius 2 is 2.00 bits per heavy atom. The third kappa shape index (κ3) is 3.37. The molecule has 102 valence electrons. The van der Waals surface area contributed by atoms with Gasteiger partial charge in [0.15, 0.2) is 0 Å². The first kappa shape index (κ1) is 14.1. The van der Waals surface area contributed by atoms with Crippen molar-refractivity contribution in [2.75, 3.05) is 18.5 Å². The summed E-state index contributed by atoms with van der Waals surface area (Å²) >= 11 is 1.82. The summed E-state index contributed by atoms with van der Waals surface area (Å²) in [5, 5.41) is 5.48. The lowest BCUT2D eigenvalue weighted by Gasteiger charge is -2.27. The van der Waals surface area contributed by atoms with E-state index in [0.717, 1.165) is 13.1 Å². The largest absolute Gasteiger partial charge is 0.366 e. The Hall–Kier alpha value is -1.32. The molecule has 1 aromatic carbocycles. The number of anilines is 1. The fourth-order valence-corrected chi connectivity index (χ4v) is 2.97. The minimum absolute atomic E-state index is 0.369. The Morgan fingerprint density at radius 3 is 2.63 bits per heavy atom. The average Bonchev–Trinajstić information content (AvgIpc) is 2.97. The van der Waals surface area contributed by atoms with Gasteiger partial charge >= 0.3 is 0 Å². The third-order valence-corrected chi connectivity index (χ3v) is 4.35. The van der Waals surface area contributed by atoms with E-state index in [9.17, 15) is 0 Å². The van der Waals surface area contributed by atoms with Crippen molar-refractivity contribution in [1.29, 1.82) is 0 Å². The topological polar surface area (TPSA) is 15.3 Å². The van der Waals surface area contributed by atoms with Crippen molar-refractivity contribution in [1.82, 2.24) is 5.32 Å². The molecule has 0 spiro atoms. The molecule has 0 saturated heterocycles. The molecule has 1 aromatic heterocycles. The second-order valence-electron chi connectivity index (χ2n) is 4.66. The maximum atomic E-state index is 3.34. The van der Waals surface area contributed by atoms with Crippen molar-refractivity contribution < 1.29 is 0 Å². The molecule has 1 N–H and O–H groups in total. The first-order chi connectivity index (χ1) is 9.26. The van der Waals surface area contributed by atoms with E-state index in [2.05, 4.69) is 65.8 Å². The van der Waals surface area contributed by atoms with Crippen LogP contribution in [0.15, 0.2) is 41.8 Å². The molecule has 0 fully saturated rings. The van der Waals surface area contributed by atoms with Gasteiger partial charge in [0.2, 0.25) is 0 Å². The zero-order valence-corrected chi connectivity index (χ0v) is 12.7. The lowest BCUT2D eigenvalue weighted by atomic mass is 10.1. The van der Waals surface area contributed by atoms with Crippen LogP contribution in [-0.4, -0.2) is 13.6 Å². The molecular weight excluding hydrogens is 252 g/mol. The van der Waals surface area contributed by atoms with E-state index < -0.39 is 0 Å². The smallest absolute Gasteiger partial charge is 0.0522 e. The van der Waals surface area contributed by atoms with Crippen molar-refractivity contribution >= 4 is 17.0 Å². The zero-order chi connectivity index (χ0) is 13.7. The quantitative estimate of drug-likeness (QED) is 0.854. The lowest BCUT2D eigenvalue weighted by Crippen LogP contribution is -2.25. The molecule has 1 heterocycles. The van der Waals surface area contributed by atoms with E-state index in [4.69, 9.17) is 0 Å². The molecule has 19 heavy (non-hydrogen) atoms. The fraction of sp³-hybridized carbons (Fsp3) is 0.375. The Morgan fingerprint density at radius 1 is 1.21 bits per heavy atom. The number of nitrogens with one attached hydrogen (secondary N) is 1. The van der Waals surface area contributed by atoms with Crippen LogP contribution >= 0.6 is 11.3 Å². The van der Waals surface area contributed by atoms with Gasteiger partial charge in [-0.1, -0.05) is 24.3 Å². The summed E-state index contributed by atoms with van der Waals surface area (Å²) in [6, 6.07) is 13.4. The third-order valence-electron chi connectivity index (χ3n) is 3.49. The first-order valence-corrected chi connectivity index (χ1v) is 7.67. The van der Waals surface area contributed by atoms with E-state index in [1.165, 1.54) is 16.1 Å². The summed E-state index contributed by atoms with van der Waals surface area (Å²) < 4.78 is 0. The Balaban J connectivity index is 2.27. The molecule has 0 saturated carbocycles. The molecule has 0 aliphatic rings. The van der Waals surface area contributed by atoms with Gasteiger partial charge in [0.05, 0.1) is 6.54 Å².